The van der Waals surface area contributed by atoms with E-state index in [0.717, 1.165) is 17.7 Å². The largest absolute Gasteiger partial charge is 0.377 e. The van der Waals surface area contributed by atoms with Crippen LogP contribution in [0.2, 0.25) is 0 Å². The Balaban J connectivity index is 2.41. The first-order chi connectivity index (χ1) is 9.63. The lowest BCUT2D eigenvalue weighted by molar-refractivity contribution is -0.851. The van der Waals surface area contributed by atoms with Gasteiger partial charge in [0.15, 0.2) is 0 Å². The van der Waals surface area contributed by atoms with Gasteiger partial charge in [0.1, 0.15) is 5.60 Å². The maximum atomic E-state index is 11.2. The van der Waals surface area contributed by atoms with Crippen molar-refractivity contribution >= 4 is 0 Å². The smallest absolute Gasteiger partial charge is 0.133 e. The third kappa shape index (κ3) is 3.35. The minimum Gasteiger partial charge on any atom is -0.377 e. The normalized spacial score (nSPS) is 12.2. The first-order valence-corrected chi connectivity index (χ1v) is 6.93. The van der Waals surface area contributed by atoms with Crippen molar-refractivity contribution in [3.63, 3.8) is 0 Å². The van der Waals surface area contributed by atoms with Gasteiger partial charge in [-0.25, -0.2) is 0 Å². The molecule has 0 amide bonds. The molecule has 104 valence electrons. The third-order valence-electron chi connectivity index (χ3n) is 3.31. The fourth-order valence-electron chi connectivity index (χ4n) is 2.21. The van der Waals surface area contributed by atoms with Gasteiger partial charge in [0.05, 0.1) is 20.6 Å². The minimum atomic E-state index is -1.07. The molecule has 0 fully saturated rings. The lowest BCUT2D eigenvalue weighted by Gasteiger charge is -2.26. The van der Waals surface area contributed by atoms with Gasteiger partial charge in [-0.15, -0.1) is 0 Å². The third-order valence-corrected chi connectivity index (χ3v) is 3.31. The summed E-state index contributed by atoms with van der Waals surface area (Å²) in [4.78, 5) is 1.32. The molecule has 0 aromatic heterocycles. The molecule has 0 saturated carbocycles. The van der Waals surface area contributed by atoms with Gasteiger partial charge in [0.2, 0.25) is 0 Å². The quantitative estimate of drug-likeness (QED) is 0.792. The summed E-state index contributed by atoms with van der Waals surface area (Å²) in [6.45, 7) is 0.877. The van der Waals surface area contributed by atoms with Crippen molar-refractivity contribution in [3.8, 4) is 0 Å². The Labute approximate surface area is 121 Å². The highest BCUT2D eigenvalue weighted by atomic mass is 16.3. The molecule has 0 heterocycles. The number of benzene rings is 2. The summed E-state index contributed by atoms with van der Waals surface area (Å²) in [7, 11) is 4.18. The second-order valence-corrected chi connectivity index (χ2v) is 5.31. The predicted octanol–water partition coefficient (Wildman–Crippen LogP) is 1.62. The summed E-state index contributed by atoms with van der Waals surface area (Å²) in [5, 5.41) is 11.2. The SMILES string of the molecule is C[NH+](C)C/C=C/C(O)(c1ccccc1)c1ccccc1. The van der Waals surface area contributed by atoms with E-state index in [-0.39, 0.29) is 0 Å². The van der Waals surface area contributed by atoms with Crippen LogP contribution in [0.25, 0.3) is 0 Å². The number of quaternary nitrogens is 1. The summed E-state index contributed by atoms with van der Waals surface area (Å²) < 4.78 is 0. The second kappa shape index (κ2) is 6.51. The molecule has 0 atom stereocenters. The fraction of sp³-hybridized carbons (Fsp3) is 0.222. The van der Waals surface area contributed by atoms with E-state index in [1.165, 1.54) is 4.90 Å². The van der Waals surface area contributed by atoms with Gasteiger partial charge < -0.3 is 10.0 Å². The van der Waals surface area contributed by atoms with Gasteiger partial charge in [-0.1, -0.05) is 60.7 Å². The summed E-state index contributed by atoms with van der Waals surface area (Å²) in [5.74, 6) is 0. The van der Waals surface area contributed by atoms with E-state index < -0.39 is 5.60 Å². The molecule has 0 aliphatic heterocycles. The Bertz CT molecular complexity index is 507. The van der Waals surface area contributed by atoms with E-state index in [1.807, 2.05) is 72.8 Å². The number of hydrogen-bond donors (Lipinski definition) is 2. The van der Waals surface area contributed by atoms with E-state index in [4.69, 9.17) is 0 Å². The molecular formula is C18H22NO+. The van der Waals surface area contributed by atoms with Crippen LogP contribution in [0.3, 0.4) is 0 Å². The van der Waals surface area contributed by atoms with Crippen molar-refractivity contribution in [2.45, 2.75) is 5.60 Å². The van der Waals surface area contributed by atoms with Gasteiger partial charge in [-0.3, -0.25) is 0 Å². The topological polar surface area (TPSA) is 24.7 Å². The molecule has 0 bridgehead atoms. The van der Waals surface area contributed by atoms with Crippen LogP contribution in [0.1, 0.15) is 11.1 Å². The van der Waals surface area contributed by atoms with Crippen molar-refractivity contribution in [2.75, 3.05) is 20.6 Å². The van der Waals surface area contributed by atoms with Crippen LogP contribution >= 0.6 is 0 Å². The van der Waals surface area contributed by atoms with Gasteiger partial charge >= 0.3 is 0 Å². The predicted molar refractivity (Wildman–Crippen MR) is 82.7 cm³/mol. The molecule has 2 aromatic carbocycles. The molecule has 0 spiro atoms. The van der Waals surface area contributed by atoms with Crippen molar-refractivity contribution in [3.05, 3.63) is 83.9 Å². The Morgan fingerprint density at radius 2 is 1.35 bits per heavy atom. The lowest BCUT2D eigenvalue weighted by Crippen LogP contribution is -3.05. The first kappa shape index (κ1) is 14.5. The zero-order chi connectivity index (χ0) is 14.4. The molecule has 0 saturated heterocycles. The van der Waals surface area contributed by atoms with Crippen LogP contribution in [-0.4, -0.2) is 25.7 Å². The van der Waals surface area contributed by atoms with Gasteiger partial charge in [0.25, 0.3) is 0 Å². The summed E-state index contributed by atoms with van der Waals surface area (Å²) in [6.07, 6.45) is 3.93. The van der Waals surface area contributed by atoms with Crippen LogP contribution < -0.4 is 4.90 Å². The number of rotatable bonds is 5. The van der Waals surface area contributed by atoms with Crippen molar-refractivity contribution in [1.29, 1.82) is 0 Å². The molecule has 2 nitrogen and oxygen atoms in total. The van der Waals surface area contributed by atoms with Crippen LogP contribution in [0.15, 0.2) is 72.8 Å². The standard InChI is InChI=1S/C18H21NO/c1-19(2)15-9-14-18(20,16-10-5-3-6-11-16)17-12-7-4-8-13-17/h3-14,20H,15H2,1-2H3/p+1/b14-9+. The van der Waals surface area contributed by atoms with Crippen LogP contribution in [0.5, 0.6) is 0 Å². The average molecular weight is 268 g/mol. The molecule has 2 aromatic rings. The van der Waals surface area contributed by atoms with E-state index in [0.29, 0.717) is 0 Å². The highest BCUT2D eigenvalue weighted by Crippen LogP contribution is 2.30. The van der Waals surface area contributed by atoms with Gasteiger partial charge in [0, 0.05) is 0 Å². The zero-order valence-electron chi connectivity index (χ0n) is 12.1. The summed E-state index contributed by atoms with van der Waals surface area (Å²) >= 11 is 0. The second-order valence-electron chi connectivity index (χ2n) is 5.31. The Morgan fingerprint density at radius 1 is 0.900 bits per heavy atom. The first-order valence-electron chi connectivity index (χ1n) is 6.93. The number of nitrogens with one attached hydrogen (secondary N) is 1. The van der Waals surface area contributed by atoms with Crippen molar-refractivity contribution in [2.24, 2.45) is 0 Å². The highest BCUT2D eigenvalue weighted by molar-refractivity contribution is 5.40. The Morgan fingerprint density at radius 3 is 1.75 bits per heavy atom. The molecule has 2 rings (SSSR count). The van der Waals surface area contributed by atoms with Crippen LogP contribution in [0, 0.1) is 0 Å². The fourth-order valence-corrected chi connectivity index (χ4v) is 2.21. The van der Waals surface area contributed by atoms with Gasteiger partial charge in [-0.2, -0.15) is 0 Å². The van der Waals surface area contributed by atoms with Crippen LogP contribution in [0.4, 0.5) is 0 Å². The summed E-state index contributed by atoms with van der Waals surface area (Å²) in [5.41, 5.74) is 0.699. The Hall–Kier alpha value is -1.90. The van der Waals surface area contributed by atoms with Crippen molar-refractivity contribution in [1.82, 2.24) is 0 Å². The van der Waals surface area contributed by atoms with E-state index >= 15 is 0 Å². The molecule has 2 N–H and O–H groups in total. The monoisotopic (exact) mass is 268 g/mol. The Kier molecular flexibility index (Phi) is 4.72. The number of hydrogen-bond acceptors (Lipinski definition) is 1. The zero-order valence-corrected chi connectivity index (χ0v) is 12.1. The molecule has 0 aliphatic rings. The van der Waals surface area contributed by atoms with E-state index in [9.17, 15) is 5.11 Å². The molecule has 0 unspecified atom stereocenters. The average Bonchev–Trinajstić information content (AvgIpc) is 2.48. The minimum absolute atomic E-state index is 0.877. The molecule has 2 heteroatoms. The number of aliphatic hydroxyl groups is 1. The van der Waals surface area contributed by atoms with E-state index in [1.54, 1.807) is 0 Å². The number of likely N-dealkylation sites (N-methyl/N-ethyl adjacent to an activating group) is 1. The van der Waals surface area contributed by atoms with Crippen molar-refractivity contribution < 1.29 is 10.0 Å². The van der Waals surface area contributed by atoms with Crippen LogP contribution in [-0.2, 0) is 5.60 Å². The maximum Gasteiger partial charge on any atom is 0.133 e. The summed E-state index contributed by atoms with van der Waals surface area (Å²) in [6, 6.07) is 19.6. The molecule has 20 heavy (non-hydrogen) atoms. The van der Waals surface area contributed by atoms with E-state index in [2.05, 4.69) is 14.1 Å². The highest BCUT2D eigenvalue weighted by Gasteiger charge is 2.28. The maximum absolute atomic E-state index is 11.2. The molecule has 0 radical (unpaired) electrons. The molecular weight excluding hydrogens is 246 g/mol. The van der Waals surface area contributed by atoms with Gasteiger partial charge in [-0.05, 0) is 23.3 Å². The lowest BCUT2D eigenvalue weighted by atomic mass is 9.86. The molecule has 0 aliphatic carbocycles.